The molecule has 5 N–H and O–H groups in total. The van der Waals surface area contributed by atoms with Crippen LogP contribution in [0.1, 0.15) is 20.3 Å². The summed E-state index contributed by atoms with van der Waals surface area (Å²) in [5, 5.41) is 7.18. The number of hydrogen-bond donors (Lipinski definition) is 4. The van der Waals surface area contributed by atoms with Crippen molar-refractivity contribution in [2.24, 2.45) is 5.73 Å². The lowest BCUT2D eigenvalue weighted by molar-refractivity contribution is -0.121. The topological polar surface area (TPSA) is 108 Å². The molecule has 0 bridgehead atoms. The maximum absolute atomic E-state index is 11.8. The molecule has 0 fully saturated rings. The fourth-order valence-electron chi connectivity index (χ4n) is 0.827. The van der Waals surface area contributed by atoms with Gasteiger partial charge in [-0.25, -0.2) is 0 Å². The first-order chi connectivity index (χ1) is 7.42. The van der Waals surface area contributed by atoms with Crippen LogP contribution in [0.5, 0.6) is 0 Å². The molecule has 0 heterocycles. The van der Waals surface area contributed by atoms with Crippen molar-refractivity contribution in [2.45, 2.75) is 32.0 Å². The van der Waals surface area contributed by atoms with Crippen LogP contribution in [0, 0.1) is 5.41 Å². The van der Waals surface area contributed by atoms with Gasteiger partial charge in [-0.1, -0.05) is 6.92 Å². The largest absolute Gasteiger partial charge is 0.402 e. The standard InChI is InChI=1S/C7H15F3N4O2S/c1-3-6(2,5(11)12)14-17(15,16)13-4-7(8,9)10/h13-14H,3-4H2,1-2H3,(H3,11,12). The lowest BCUT2D eigenvalue weighted by Gasteiger charge is -2.27. The molecule has 0 aromatic heterocycles. The molecule has 6 nitrogen and oxygen atoms in total. The molecular weight excluding hydrogens is 261 g/mol. The number of halogens is 3. The molecule has 0 aliphatic heterocycles. The second-order valence-electron chi connectivity index (χ2n) is 3.64. The molecule has 0 saturated heterocycles. The van der Waals surface area contributed by atoms with Crippen molar-refractivity contribution in [3.63, 3.8) is 0 Å². The van der Waals surface area contributed by atoms with E-state index in [2.05, 4.69) is 0 Å². The molecule has 0 aromatic carbocycles. The normalized spacial score (nSPS) is 16.5. The van der Waals surface area contributed by atoms with E-state index in [1.54, 1.807) is 6.92 Å². The van der Waals surface area contributed by atoms with Gasteiger partial charge in [0, 0.05) is 0 Å². The molecule has 0 aromatic rings. The predicted molar refractivity (Wildman–Crippen MR) is 56.7 cm³/mol. The first-order valence-corrected chi connectivity index (χ1v) is 6.10. The van der Waals surface area contributed by atoms with Gasteiger partial charge in [0.05, 0.1) is 5.54 Å². The first kappa shape index (κ1) is 16.1. The maximum Gasteiger partial charge on any atom is 0.402 e. The van der Waals surface area contributed by atoms with E-state index in [4.69, 9.17) is 11.1 Å². The lowest BCUT2D eigenvalue weighted by atomic mass is 10.00. The van der Waals surface area contributed by atoms with Gasteiger partial charge in [-0.05, 0) is 13.3 Å². The van der Waals surface area contributed by atoms with Gasteiger partial charge >= 0.3 is 6.18 Å². The SMILES string of the molecule is CCC(C)(NS(=O)(=O)NCC(F)(F)F)C(=N)N. The van der Waals surface area contributed by atoms with Gasteiger partial charge < -0.3 is 5.73 Å². The smallest absolute Gasteiger partial charge is 0.386 e. The summed E-state index contributed by atoms with van der Waals surface area (Å²) in [5.74, 6) is -0.475. The third-order valence-electron chi connectivity index (χ3n) is 2.12. The van der Waals surface area contributed by atoms with Crippen molar-refractivity contribution in [2.75, 3.05) is 6.54 Å². The summed E-state index contributed by atoms with van der Waals surface area (Å²) in [6.07, 6.45) is -4.51. The molecule has 0 spiro atoms. The number of alkyl halides is 3. The van der Waals surface area contributed by atoms with Crippen LogP contribution in [0.2, 0.25) is 0 Å². The van der Waals surface area contributed by atoms with Crippen LogP contribution in [0.15, 0.2) is 0 Å². The van der Waals surface area contributed by atoms with E-state index >= 15 is 0 Å². The molecule has 10 heteroatoms. The van der Waals surface area contributed by atoms with Crippen molar-refractivity contribution < 1.29 is 21.6 Å². The Hall–Kier alpha value is -0.870. The average Bonchev–Trinajstić information content (AvgIpc) is 2.13. The Kier molecular flexibility index (Phi) is 4.92. The number of hydrogen-bond acceptors (Lipinski definition) is 3. The maximum atomic E-state index is 11.8. The monoisotopic (exact) mass is 276 g/mol. The Bertz CT molecular complexity index is 381. The Morgan fingerprint density at radius 1 is 1.41 bits per heavy atom. The summed E-state index contributed by atoms with van der Waals surface area (Å²) in [6, 6.07) is 0. The molecule has 1 atom stereocenters. The zero-order chi connectivity index (χ0) is 13.9. The van der Waals surface area contributed by atoms with E-state index in [0.717, 1.165) is 0 Å². The van der Waals surface area contributed by atoms with Crippen LogP contribution >= 0.6 is 0 Å². The highest BCUT2D eigenvalue weighted by Gasteiger charge is 2.34. The minimum atomic E-state index is -4.65. The van der Waals surface area contributed by atoms with Gasteiger partial charge in [0.2, 0.25) is 0 Å². The summed E-state index contributed by atoms with van der Waals surface area (Å²) in [4.78, 5) is 0. The molecule has 0 rings (SSSR count). The van der Waals surface area contributed by atoms with Crippen molar-refractivity contribution in [1.82, 2.24) is 9.44 Å². The molecular formula is C7H15F3N4O2S. The summed E-state index contributed by atoms with van der Waals surface area (Å²) in [6.45, 7) is 1.18. The van der Waals surface area contributed by atoms with Gasteiger partial charge in [-0.3, -0.25) is 5.41 Å². The van der Waals surface area contributed by atoms with Gasteiger partial charge in [-0.15, -0.1) is 0 Å². The molecule has 0 aliphatic rings. The second-order valence-corrected chi connectivity index (χ2v) is 5.14. The van der Waals surface area contributed by atoms with Crippen LogP contribution in [0.3, 0.4) is 0 Å². The van der Waals surface area contributed by atoms with Crippen LogP contribution in [-0.4, -0.2) is 32.5 Å². The fraction of sp³-hybridized carbons (Fsp3) is 0.857. The first-order valence-electron chi connectivity index (χ1n) is 4.61. The lowest BCUT2D eigenvalue weighted by Crippen LogP contribution is -2.57. The van der Waals surface area contributed by atoms with Gasteiger partial charge in [-0.2, -0.15) is 31.0 Å². The number of amidine groups is 1. The third-order valence-corrected chi connectivity index (χ3v) is 3.37. The zero-order valence-corrected chi connectivity index (χ0v) is 10.2. The summed E-state index contributed by atoms with van der Waals surface area (Å²) in [5.41, 5.74) is 3.77. The fourth-order valence-corrected chi connectivity index (χ4v) is 2.10. The van der Waals surface area contributed by atoms with E-state index in [-0.39, 0.29) is 6.42 Å². The van der Waals surface area contributed by atoms with Crippen molar-refractivity contribution >= 4 is 16.0 Å². The molecule has 0 aliphatic carbocycles. The molecule has 17 heavy (non-hydrogen) atoms. The Balaban J connectivity index is 4.71. The molecule has 0 saturated carbocycles. The number of rotatable bonds is 6. The Morgan fingerprint density at radius 3 is 2.18 bits per heavy atom. The average molecular weight is 276 g/mol. The number of nitrogens with two attached hydrogens (primary N) is 1. The van der Waals surface area contributed by atoms with E-state index in [1.165, 1.54) is 11.6 Å². The van der Waals surface area contributed by atoms with Crippen LogP contribution in [-0.2, 0) is 10.2 Å². The quantitative estimate of drug-likeness (QED) is 0.407. The highest BCUT2D eigenvalue weighted by Crippen LogP contribution is 2.14. The highest BCUT2D eigenvalue weighted by molar-refractivity contribution is 7.87. The van der Waals surface area contributed by atoms with Crippen LogP contribution in [0.4, 0.5) is 13.2 Å². The van der Waals surface area contributed by atoms with Crippen LogP contribution in [0.25, 0.3) is 0 Å². The van der Waals surface area contributed by atoms with E-state index in [9.17, 15) is 21.6 Å². The Labute approximate surface area is 97.4 Å². The van der Waals surface area contributed by atoms with Gasteiger partial charge in [0.1, 0.15) is 12.4 Å². The van der Waals surface area contributed by atoms with E-state index < -0.39 is 34.3 Å². The predicted octanol–water partition coefficient (Wildman–Crippen LogP) is 0.0774. The second kappa shape index (κ2) is 5.19. The summed E-state index contributed by atoms with van der Waals surface area (Å²) < 4.78 is 61.3. The van der Waals surface area contributed by atoms with Crippen molar-refractivity contribution in [3.05, 3.63) is 0 Å². The molecule has 0 radical (unpaired) electrons. The minimum Gasteiger partial charge on any atom is -0.386 e. The third kappa shape index (κ3) is 5.84. The summed E-state index contributed by atoms with van der Waals surface area (Å²) >= 11 is 0. The van der Waals surface area contributed by atoms with E-state index in [0.29, 0.717) is 0 Å². The van der Waals surface area contributed by atoms with Crippen LogP contribution < -0.4 is 15.2 Å². The highest BCUT2D eigenvalue weighted by atomic mass is 32.2. The van der Waals surface area contributed by atoms with Gasteiger partial charge in [0.15, 0.2) is 0 Å². The molecule has 1 unspecified atom stereocenters. The zero-order valence-electron chi connectivity index (χ0n) is 9.35. The van der Waals surface area contributed by atoms with Gasteiger partial charge in [0.25, 0.3) is 10.2 Å². The number of nitrogens with one attached hydrogen (secondary N) is 3. The molecule has 102 valence electrons. The summed E-state index contributed by atoms with van der Waals surface area (Å²) in [7, 11) is -4.37. The Morgan fingerprint density at radius 2 is 1.88 bits per heavy atom. The molecule has 0 amide bonds. The van der Waals surface area contributed by atoms with E-state index in [1.807, 2.05) is 4.72 Å². The van der Waals surface area contributed by atoms with Crippen molar-refractivity contribution in [1.29, 1.82) is 5.41 Å². The van der Waals surface area contributed by atoms with Crippen molar-refractivity contribution in [3.8, 4) is 0 Å². The minimum absolute atomic E-state index is 0.134.